The van der Waals surface area contributed by atoms with E-state index in [1.807, 2.05) is 33.8 Å². The molecule has 0 spiro atoms. The Bertz CT molecular complexity index is 448. The smallest absolute Gasteiger partial charge is 0.410 e. The zero-order chi connectivity index (χ0) is 14.0. The highest BCUT2D eigenvalue weighted by molar-refractivity contribution is 5.69. The molecule has 0 bridgehead atoms. The maximum absolute atomic E-state index is 12.2. The van der Waals surface area contributed by atoms with Gasteiger partial charge in [0.1, 0.15) is 5.60 Å². The van der Waals surface area contributed by atoms with Crippen LogP contribution in [0.3, 0.4) is 0 Å². The zero-order valence-corrected chi connectivity index (χ0v) is 12.1. The van der Waals surface area contributed by atoms with Crippen molar-refractivity contribution in [2.75, 3.05) is 6.54 Å². The first-order valence-electron chi connectivity index (χ1n) is 6.86. The van der Waals surface area contributed by atoms with Gasteiger partial charge in [0.2, 0.25) is 0 Å². The van der Waals surface area contributed by atoms with Crippen LogP contribution in [0.4, 0.5) is 4.79 Å². The molecule has 1 aromatic heterocycles. The van der Waals surface area contributed by atoms with Gasteiger partial charge in [0.25, 0.3) is 0 Å². The maximum atomic E-state index is 12.2. The molecule has 0 unspecified atom stereocenters. The second-order valence-corrected chi connectivity index (χ2v) is 5.91. The van der Waals surface area contributed by atoms with Crippen LogP contribution in [-0.4, -0.2) is 28.3 Å². The largest absolute Gasteiger partial charge is 0.444 e. The van der Waals surface area contributed by atoms with Crippen LogP contribution in [0.1, 0.15) is 58.0 Å². The van der Waals surface area contributed by atoms with Gasteiger partial charge in [-0.05, 0) is 40.0 Å². The second kappa shape index (κ2) is 5.23. The summed E-state index contributed by atoms with van der Waals surface area (Å²) in [7, 11) is 0. The Balaban J connectivity index is 2.10. The number of ether oxygens (including phenoxy) is 1. The number of hydrogen-bond donors (Lipinski definition) is 0. The summed E-state index contributed by atoms with van der Waals surface area (Å²) in [6, 6.07) is 1.90. The van der Waals surface area contributed by atoms with Crippen LogP contribution in [0.5, 0.6) is 0 Å². The quantitative estimate of drug-likeness (QED) is 0.824. The predicted octanol–water partition coefficient (Wildman–Crippen LogP) is 3.31. The monoisotopic (exact) mass is 266 g/mol. The van der Waals surface area contributed by atoms with E-state index in [-0.39, 0.29) is 12.1 Å². The lowest BCUT2D eigenvalue weighted by molar-refractivity contribution is 0.0204. The first-order valence-corrected chi connectivity index (χ1v) is 6.86. The Morgan fingerprint density at radius 1 is 1.58 bits per heavy atom. The summed E-state index contributed by atoms with van der Waals surface area (Å²) in [6.45, 7) is 8.36. The minimum atomic E-state index is -0.472. The summed E-state index contributed by atoms with van der Waals surface area (Å²) in [5.41, 5.74) is 0.450. The molecule has 0 N–H and O–H groups in total. The molecule has 1 aromatic rings. The van der Waals surface area contributed by atoms with Gasteiger partial charge in [0.15, 0.2) is 5.76 Å². The molecule has 1 amide bonds. The molecule has 0 radical (unpaired) electrons. The van der Waals surface area contributed by atoms with Crippen molar-refractivity contribution in [3.05, 3.63) is 17.5 Å². The fourth-order valence-electron chi connectivity index (χ4n) is 2.25. The minimum absolute atomic E-state index is 0.0392. The van der Waals surface area contributed by atoms with Gasteiger partial charge in [0.05, 0.1) is 11.7 Å². The molecule has 5 heteroatoms. The summed E-state index contributed by atoms with van der Waals surface area (Å²) < 4.78 is 10.8. The van der Waals surface area contributed by atoms with Crippen molar-refractivity contribution in [3.8, 4) is 0 Å². The number of carbonyl (C=O) groups is 1. The Kier molecular flexibility index (Phi) is 3.83. The highest BCUT2D eigenvalue weighted by atomic mass is 16.6. The number of rotatable bonds is 2. The molecular formula is C14H22N2O3. The normalized spacial score (nSPS) is 19.8. The lowest BCUT2D eigenvalue weighted by Gasteiger charge is -2.27. The SMILES string of the molecule is CCc1cc([C@H]2CCCN2C(=O)OC(C)(C)C)on1. The highest BCUT2D eigenvalue weighted by Gasteiger charge is 2.35. The molecule has 0 saturated carbocycles. The Morgan fingerprint density at radius 3 is 2.89 bits per heavy atom. The second-order valence-electron chi connectivity index (χ2n) is 5.91. The van der Waals surface area contributed by atoms with E-state index in [9.17, 15) is 4.79 Å². The standard InChI is InChI=1S/C14H22N2O3/c1-5-10-9-12(19-15-10)11-7-6-8-16(11)13(17)18-14(2,3)4/h9,11H,5-8H2,1-4H3/t11-/m1/s1. The van der Waals surface area contributed by atoms with Crippen molar-refractivity contribution >= 4 is 6.09 Å². The fourth-order valence-corrected chi connectivity index (χ4v) is 2.25. The van der Waals surface area contributed by atoms with E-state index in [1.54, 1.807) is 4.90 Å². The van der Waals surface area contributed by atoms with Crippen LogP contribution in [0, 0.1) is 0 Å². The van der Waals surface area contributed by atoms with E-state index in [2.05, 4.69) is 5.16 Å². The topological polar surface area (TPSA) is 55.6 Å². The van der Waals surface area contributed by atoms with Crippen molar-refractivity contribution in [2.24, 2.45) is 0 Å². The third kappa shape index (κ3) is 3.28. The van der Waals surface area contributed by atoms with Crippen LogP contribution < -0.4 is 0 Å². The number of carbonyl (C=O) groups excluding carboxylic acids is 1. The first-order chi connectivity index (χ1) is 8.90. The average molecular weight is 266 g/mol. The van der Waals surface area contributed by atoms with Crippen molar-refractivity contribution in [1.82, 2.24) is 10.1 Å². The summed E-state index contributed by atoms with van der Waals surface area (Å²) in [5, 5.41) is 3.99. The third-order valence-electron chi connectivity index (χ3n) is 3.15. The van der Waals surface area contributed by atoms with Crippen LogP contribution in [-0.2, 0) is 11.2 Å². The van der Waals surface area contributed by atoms with Crippen molar-refractivity contribution in [2.45, 2.75) is 58.6 Å². The molecule has 1 fully saturated rings. The molecule has 1 atom stereocenters. The van der Waals surface area contributed by atoms with Crippen molar-refractivity contribution < 1.29 is 14.1 Å². The summed E-state index contributed by atoms with van der Waals surface area (Å²) in [5.74, 6) is 0.764. The van der Waals surface area contributed by atoms with Gasteiger partial charge >= 0.3 is 6.09 Å². The number of hydrogen-bond acceptors (Lipinski definition) is 4. The van der Waals surface area contributed by atoms with Gasteiger partial charge in [-0.1, -0.05) is 12.1 Å². The Morgan fingerprint density at radius 2 is 2.32 bits per heavy atom. The number of amides is 1. The molecule has 1 aliphatic heterocycles. The lowest BCUT2D eigenvalue weighted by Crippen LogP contribution is -2.36. The third-order valence-corrected chi connectivity index (χ3v) is 3.15. The minimum Gasteiger partial charge on any atom is -0.444 e. The molecule has 19 heavy (non-hydrogen) atoms. The van der Waals surface area contributed by atoms with Gasteiger partial charge in [-0.3, -0.25) is 4.90 Å². The number of likely N-dealkylation sites (tertiary alicyclic amines) is 1. The summed E-state index contributed by atoms with van der Waals surface area (Å²) in [4.78, 5) is 13.9. The first kappa shape index (κ1) is 13.9. The van der Waals surface area contributed by atoms with Gasteiger partial charge in [-0.15, -0.1) is 0 Å². The van der Waals surface area contributed by atoms with Crippen LogP contribution in [0.25, 0.3) is 0 Å². The van der Waals surface area contributed by atoms with Crippen LogP contribution in [0.15, 0.2) is 10.6 Å². The highest BCUT2D eigenvalue weighted by Crippen LogP contribution is 2.33. The molecule has 1 saturated heterocycles. The van der Waals surface area contributed by atoms with Gasteiger partial charge < -0.3 is 9.26 Å². The molecule has 2 rings (SSSR count). The van der Waals surface area contributed by atoms with Crippen molar-refractivity contribution in [3.63, 3.8) is 0 Å². The Hall–Kier alpha value is -1.52. The molecule has 2 heterocycles. The van der Waals surface area contributed by atoms with Crippen LogP contribution in [0.2, 0.25) is 0 Å². The molecule has 1 aliphatic rings. The van der Waals surface area contributed by atoms with E-state index in [1.165, 1.54) is 0 Å². The van der Waals surface area contributed by atoms with E-state index in [4.69, 9.17) is 9.26 Å². The fraction of sp³-hybridized carbons (Fsp3) is 0.714. The van der Waals surface area contributed by atoms with Gasteiger partial charge in [-0.25, -0.2) is 4.79 Å². The lowest BCUT2D eigenvalue weighted by atomic mass is 10.1. The summed E-state index contributed by atoms with van der Waals surface area (Å²) in [6.07, 6.45) is 2.43. The number of nitrogens with zero attached hydrogens (tertiary/aromatic N) is 2. The van der Waals surface area contributed by atoms with Crippen molar-refractivity contribution in [1.29, 1.82) is 0 Å². The van der Waals surface area contributed by atoms with E-state index in [0.29, 0.717) is 6.54 Å². The van der Waals surface area contributed by atoms with Gasteiger partial charge in [0, 0.05) is 12.6 Å². The molecule has 5 nitrogen and oxygen atoms in total. The summed E-state index contributed by atoms with van der Waals surface area (Å²) >= 11 is 0. The molecular weight excluding hydrogens is 244 g/mol. The number of aromatic nitrogens is 1. The predicted molar refractivity (Wildman–Crippen MR) is 70.8 cm³/mol. The number of aryl methyl sites for hydroxylation is 1. The van der Waals surface area contributed by atoms with E-state index < -0.39 is 5.60 Å². The Labute approximate surface area is 113 Å². The zero-order valence-electron chi connectivity index (χ0n) is 12.1. The maximum Gasteiger partial charge on any atom is 0.410 e. The van der Waals surface area contributed by atoms with Crippen LogP contribution >= 0.6 is 0 Å². The van der Waals surface area contributed by atoms with E-state index in [0.717, 1.165) is 30.7 Å². The average Bonchev–Trinajstić information content (AvgIpc) is 2.95. The molecule has 0 aliphatic carbocycles. The molecule has 0 aromatic carbocycles. The molecule has 106 valence electrons. The van der Waals surface area contributed by atoms with Gasteiger partial charge in [-0.2, -0.15) is 0 Å². The van der Waals surface area contributed by atoms with E-state index >= 15 is 0 Å².